The van der Waals surface area contributed by atoms with Crippen LogP contribution in [-0.2, 0) is 23.7 Å². The second kappa shape index (κ2) is 12.4. The molecule has 1 aliphatic heterocycles. The maximum Gasteiger partial charge on any atom is 0.335 e. The fraction of sp³-hybridized carbons (Fsp3) is 0.667. The second-order valence-electron chi connectivity index (χ2n) is 7.31. The molecule has 0 spiro atoms. The minimum absolute atomic E-state index is 0.0817. The first-order chi connectivity index (χ1) is 14.9. The molecule has 0 aromatic carbocycles. The number of aliphatic imine (C=N–C) groups is 1. The number of hydrogen-bond acceptors (Lipinski definition) is 10. The van der Waals surface area contributed by atoms with E-state index < -0.39 is 5.54 Å². The molecule has 0 aliphatic carbocycles. The Morgan fingerprint density at radius 1 is 1.16 bits per heavy atom. The molecule has 1 aromatic heterocycles. The van der Waals surface area contributed by atoms with Crippen LogP contribution in [0.4, 0.5) is 0 Å². The van der Waals surface area contributed by atoms with E-state index in [1.807, 2.05) is 6.92 Å². The Kier molecular flexibility index (Phi) is 9.96. The van der Waals surface area contributed by atoms with Crippen molar-refractivity contribution in [2.24, 2.45) is 4.99 Å². The number of aromatic hydroxyl groups is 1. The summed E-state index contributed by atoms with van der Waals surface area (Å²) in [5, 5.41) is 10.4. The molecule has 31 heavy (non-hydrogen) atoms. The van der Waals surface area contributed by atoms with E-state index in [2.05, 4.69) is 9.98 Å². The number of pyridine rings is 1. The van der Waals surface area contributed by atoms with E-state index in [1.54, 1.807) is 26.0 Å². The van der Waals surface area contributed by atoms with Crippen LogP contribution in [0.25, 0.3) is 0 Å². The molecule has 1 aromatic rings. The van der Waals surface area contributed by atoms with E-state index in [-0.39, 0.29) is 17.4 Å². The van der Waals surface area contributed by atoms with E-state index in [1.165, 1.54) is 12.3 Å². The summed E-state index contributed by atoms with van der Waals surface area (Å²) in [7, 11) is 3.41. The summed E-state index contributed by atoms with van der Waals surface area (Å²) in [4.78, 5) is 22.9. The van der Waals surface area contributed by atoms with Crippen molar-refractivity contribution in [3.05, 3.63) is 18.0 Å². The smallest absolute Gasteiger partial charge is 0.335 e. The molecule has 0 amide bonds. The topological polar surface area (TPSA) is 112 Å². The molecule has 10 nitrogen and oxygen atoms in total. The first kappa shape index (κ1) is 24.8. The van der Waals surface area contributed by atoms with Crippen LogP contribution in [0.1, 0.15) is 26.0 Å². The fourth-order valence-corrected chi connectivity index (χ4v) is 2.95. The highest BCUT2D eigenvalue weighted by Crippen LogP contribution is 2.29. The Bertz CT molecular complexity index is 744. The molecule has 2 rings (SSSR count). The quantitative estimate of drug-likeness (QED) is 0.338. The lowest BCUT2D eigenvalue weighted by atomic mass is 10.1. The van der Waals surface area contributed by atoms with E-state index in [0.717, 1.165) is 6.42 Å². The summed E-state index contributed by atoms with van der Waals surface area (Å²) in [6, 6.07) is 1.47. The maximum atomic E-state index is 12.4. The lowest BCUT2D eigenvalue weighted by Crippen LogP contribution is -2.40. The van der Waals surface area contributed by atoms with Crippen LogP contribution in [0.3, 0.4) is 0 Å². The Morgan fingerprint density at radius 2 is 1.84 bits per heavy atom. The molecule has 2 heterocycles. The van der Waals surface area contributed by atoms with Crippen LogP contribution in [0.2, 0.25) is 0 Å². The van der Waals surface area contributed by atoms with Gasteiger partial charge in [0.2, 0.25) is 0 Å². The third-order valence-electron chi connectivity index (χ3n) is 4.49. The first-order valence-electron chi connectivity index (χ1n) is 10.4. The molecule has 0 saturated heterocycles. The van der Waals surface area contributed by atoms with Crippen molar-refractivity contribution in [2.75, 3.05) is 67.0 Å². The van der Waals surface area contributed by atoms with Crippen molar-refractivity contribution >= 4 is 11.8 Å². The Hall–Kier alpha value is -2.43. The van der Waals surface area contributed by atoms with Crippen molar-refractivity contribution in [2.45, 2.75) is 25.8 Å². The van der Waals surface area contributed by atoms with Gasteiger partial charge < -0.3 is 33.7 Å². The van der Waals surface area contributed by atoms with Gasteiger partial charge in [-0.05, 0) is 13.3 Å². The number of likely N-dealkylation sites (N-methyl/N-ethyl adjacent to an activating group) is 1. The zero-order chi connectivity index (χ0) is 22.7. The van der Waals surface area contributed by atoms with Crippen LogP contribution in [-0.4, -0.2) is 99.3 Å². The molecular weight excluding hydrogens is 406 g/mol. The molecule has 0 radical (unpaired) electrons. The van der Waals surface area contributed by atoms with Crippen molar-refractivity contribution in [1.29, 1.82) is 0 Å². The summed E-state index contributed by atoms with van der Waals surface area (Å²) in [6.07, 6.45) is 2.25. The summed E-state index contributed by atoms with van der Waals surface area (Å²) < 4.78 is 26.4. The predicted molar refractivity (Wildman–Crippen MR) is 114 cm³/mol. The third-order valence-corrected chi connectivity index (χ3v) is 4.49. The minimum Gasteiger partial charge on any atom is -0.505 e. The summed E-state index contributed by atoms with van der Waals surface area (Å²) in [5.41, 5.74) is -0.751. The van der Waals surface area contributed by atoms with Crippen molar-refractivity contribution < 1.29 is 33.6 Å². The highest BCUT2D eigenvalue weighted by Gasteiger charge is 2.43. The number of amidine groups is 1. The number of esters is 1. The first-order valence-corrected chi connectivity index (χ1v) is 10.4. The molecule has 0 unspecified atom stereocenters. The molecule has 0 saturated carbocycles. The monoisotopic (exact) mass is 439 g/mol. The van der Waals surface area contributed by atoms with Gasteiger partial charge in [0.1, 0.15) is 23.8 Å². The van der Waals surface area contributed by atoms with Gasteiger partial charge in [0.15, 0.2) is 11.4 Å². The van der Waals surface area contributed by atoms with Crippen LogP contribution < -0.4 is 4.74 Å². The fourth-order valence-electron chi connectivity index (χ4n) is 2.95. The number of rotatable bonds is 14. The average Bonchev–Trinajstić information content (AvgIpc) is 3.06. The minimum atomic E-state index is -1.03. The third kappa shape index (κ3) is 7.34. The standard InChI is InChI=1S/C21H33N3O7/c1-5-6-31-20(26)21(2)15-24(3)19(23-21)18-17(25)13-16(14-22-18)30-12-11-29-10-9-28-8-7-27-4/h13-14,25H,5-12,15H2,1-4H3/t21-/m1/s1. The van der Waals surface area contributed by atoms with E-state index >= 15 is 0 Å². The van der Waals surface area contributed by atoms with E-state index in [4.69, 9.17) is 23.7 Å². The molecule has 1 aliphatic rings. The molecule has 1 atom stereocenters. The van der Waals surface area contributed by atoms with Gasteiger partial charge in [-0.1, -0.05) is 6.92 Å². The van der Waals surface area contributed by atoms with Crippen molar-refractivity contribution in [3.8, 4) is 11.5 Å². The van der Waals surface area contributed by atoms with Crippen LogP contribution in [0, 0.1) is 0 Å². The van der Waals surface area contributed by atoms with Gasteiger partial charge in [0, 0.05) is 20.2 Å². The van der Waals surface area contributed by atoms with Gasteiger partial charge in [0.25, 0.3) is 0 Å². The number of aromatic nitrogens is 1. The SMILES string of the molecule is CCCOC(=O)[C@@]1(C)CN(C)C(c2ncc(OCCOCCOCCOC)cc2O)=N1. The molecule has 0 fully saturated rings. The highest BCUT2D eigenvalue weighted by molar-refractivity contribution is 6.03. The number of hydrogen-bond donors (Lipinski definition) is 1. The van der Waals surface area contributed by atoms with Gasteiger partial charge in [0.05, 0.1) is 52.4 Å². The largest absolute Gasteiger partial charge is 0.505 e. The Labute approximate surface area is 183 Å². The molecule has 174 valence electrons. The molecule has 1 N–H and O–H groups in total. The van der Waals surface area contributed by atoms with E-state index in [0.29, 0.717) is 64.4 Å². The van der Waals surface area contributed by atoms with Gasteiger partial charge in [-0.2, -0.15) is 0 Å². The van der Waals surface area contributed by atoms with Gasteiger partial charge in [-0.3, -0.25) is 0 Å². The summed E-state index contributed by atoms with van der Waals surface area (Å²) in [5.74, 6) is 0.367. The zero-order valence-electron chi connectivity index (χ0n) is 18.8. The molecule has 0 bridgehead atoms. The lowest BCUT2D eigenvalue weighted by molar-refractivity contribution is -0.149. The number of carbonyl (C=O) groups is 1. The summed E-state index contributed by atoms with van der Waals surface area (Å²) in [6.45, 7) is 7.06. The van der Waals surface area contributed by atoms with Crippen molar-refractivity contribution in [1.82, 2.24) is 9.88 Å². The van der Waals surface area contributed by atoms with Gasteiger partial charge in [-0.25, -0.2) is 14.8 Å². The van der Waals surface area contributed by atoms with Gasteiger partial charge in [-0.15, -0.1) is 0 Å². The highest BCUT2D eigenvalue weighted by atomic mass is 16.6. The normalized spacial score (nSPS) is 18.2. The van der Waals surface area contributed by atoms with Crippen LogP contribution in [0.5, 0.6) is 11.5 Å². The molecular formula is C21H33N3O7. The van der Waals surface area contributed by atoms with Crippen LogP contribution in [0.15, 0.2) is 17.3 Å². The summed E-state index contributed by atoms with van der Waals surface area (Å²) >= 11 is 0. The average molecular weight is 440 g/mol. The number of methoxy groups -OCH3 is 1. The number of carbonyl (C=O) groups excluding carboxylic acids is 1. The predicted octanol–water partition coefficient (Wildman–Crippen LogP) is 1.25. The lowest BCUT2D eigenvalue weighted by Gasteiger charge is -2.20. The zero-order valence-corrected chi connectivity index (χ0v) is 18.8. The van der Waals surface area contributed by atoms with E-state index in [9.17, 15) is 9.90 Å². The maximum absolute atomic E-state index is 12.4. The van der Waals surface area contributed by atoms with Crippen molar-refractivity contribution in [3.63, 3.8) is 0 Å². The number of ether oxygens (including phenoxy) is 5. The second-order valence-corrected chi connectivity index (χ2v) is 7.31. The number of nitrogens with zero attached hydrogens (tertiary/aromatic N) is 3. The Morgan fingerprint density at radius 3 is 2.48 bits per heavy atom. The van der Waals surface area contributed by atoms with Gasteiger partial charge >= 0.3 is 5.97 Å². The van der Waals surface area contributed by atoms with Crippen LogP contribution >= 0.6 is 0 Å². The Balaban J connectivity index is 1.86. The molecule has 10 heteroatoms.